The van der Waals surface area contributed by atoms with Gasteiger partial charge in [0, 0.05) is 23.1 Å². The lowest BCUT2D eigenvalue weighted by Crippen LogP contribution is -2.11. The second-order valence-electron chi connectivity index (χ2n) is 11.4. The lowest BCUT2D eigenvalue weighted by atomic mass is 9.94. The monoisotopic (exact) mass is 642 g/mol. The first-order chi connectivity index (χ1) is 22.4. The fourth-order valence-electron chi connectivity index (χ4n) is 4.36. The SMILES string of the molecule is C=C(C)C(=O)OCCCCCCOC1=CC=C(/C=C/C(=O)Oc2ccc(OC(=O)c3ccc(OC(=O)C(=C)C)cc3)cc2C)CC1C. The molecule has 0 amide bonds. The molecule has 0 heterocycles. The van der Waals surface area contributed by atoms with E-state index in [2.05, 4.69) is 20.1 Å². The van der Waals surface area contributed by atoms with Gasteiger partial charge in [-0.2, -0.15) is 0 Å². The zero-order chi connectivity index (χ0) is 34.3. The number of allylic oxidation sites excluding steroid dienone is 5. The molecule has 0 aliphatic heterocycles. The van der Waals surface area contributed by atoms with Crippen LogP contribution in [0.25, 0.3) is 0 Å². The quantitative estimate of drug-likeness (QED) is 0.0786. The van der Waals surface area contributed by atoms with Crippen LogP contribution >= 0.6 is 0 Å². The number of carbonyl (C=O) groups excluding carboxylic acids is 4. The smallest absolute Gasteiger partial charge is 0.343 e. The minimum Gasteiger partial charge on any atom is -0.498 e. The fraction of sp³-hybridized carbons (Fsp3) is 0.316. The molecule has 3 rings (SSSR count). The van der Waals surface area contributed by atoms with E-state index in [0.717, 1.165) is 43.4 Å². The second kappa shape index (κ2) is 18.1. The van der Waals surface area contributed by atoms with Gasteiger partial charge in [0.05, 0.1) is 24.5 Å². The fourth-order valence-corrected chi connectivity index (χ4v) is 4.36. The van der Waals surface area contributed by atoms with Gasteiger partial charge in [0.1, 0.15) is 17.2 Å². The Hall–Kier alpha value is -5.18. The third kappa shape index (κ3) is 12.3. The molecule has 0 aromatic heterocycles. The van der Waals surface area contributed by atoms with E-state index in [1.807, 2.05) is 12.2 Å². The molecule has 9 heteroatoms. The average molecular weight is 643 g/mol. The molecule has 1 aliphatic rings. The first kappa shape index (κ1) is 36.3. The molecule has 0 N–H and O–H groups in total. The van der Waals surface area contributed by atoms with Gasteiger partial charge in [-0.05, 0) is 113 Å². The first-order valence-corrected chi connectivity index (χ1v) is 15.5. The predicted octanol–water partition coefficient (Wildman–Crippen LogP) is 7.70. The lowest BCUT2D eigenvalue weighted by molar-refractivity contribution is -0.139. The highest BCUT2D eigenvalue weighted by atomic mass is 16.5. The molecule has 0 bridgehead atoms. The summed E-state index contributed by atoms with van der Waals surface area (Å²) in [5.41, 5.74) is 2.54. The summed E-state index contributed by atoms with van der Waals surface area (Å²) in [7, 11) is 0. The van der Waals surface area contributed by atoms with Gasteiger partial charge < -0.3 is 23.7 Å². The normalized spacial score (nSPS) is 14.0. The molecular formula is C38H42O9. The highest BCUT2D eigenvalue weighted by Gasteiger charge is 2.16. The van der Waals surface area contributed by atoms with E-state index in [1.54, 1.807) is 45.0 Å². The summed E-state index contributed by atoms with van der Waals surface area (Å²) in [5.74, 6) is -0.0207. The molecule has 1 aliphatic carbocycles. The number of ether oxygens (including phenoxy) is 5. The number of carbonyl (C=O) groups is 4. The van der Waals surface area contributed by atoms with E-state index in [-0.39, 0.29) is 34.5 Å². The van der Waals surface area contributed by atoms with Gasteiger partial charge in [0.15, 0.2) is 0 Å². The predicted molar refractivity (Wildman–Crippen MR) is 178 cm³/mol. The number of hydrogen-bond donors (Lipinski definition) is 0. The third-order valence-corrected chi connectivity index (χ3v) is 7.03. The molecule has 0 fully saturated rings. The van der Waals surface area contributed by atoms with Crippen molar-refractivity contribution < 1.29 is 42.9 Å². The molecular weight excluding hydrogens is 600 g/mol. The topological polar surface area (TPSA) is 114 Å². The van der Waals surface area contributed by atoms with Gasteiger partial charge in [-0.1, -0.05) is 32.2 Å². The van der Waals surface area contributed by atoms with Crippen molar-refractivity contribution in [2.24, 2.45) is 5.92 Å². The van der Waals surface area contributed by atoms with Crippen LogP contribution in [0.3, 0.4) is 0 Å². The van der Waals surface area contributed by atoms with Crippen LogP contribution in [0.5, 0.6) is 17.2 Å². The molecule has 0 spiro atoms. The summed E-state index contributed by atoms with van der Waals surface area (Å²) in [6.07, 6.45) is 11.4. The maximum absolute atomic E-state index is 12.6. The summed E-state index contributed by atoms with van der Waals surface area (Å²) in [6, 6.07) is 10.7. The van der Waals surface area contributed by atoms with Crippen LogP contribution in [0.1, 0.15) is 68.8 Å². The largest absolute Gasteiger partial charge is 0.498 e. The van der Waals surface area contributed by atoms with E-state index >= 15 is 0 Å². The van der Waals surface area contributed by atoms with E-state index in [0.29, 0.717) is 30.1 Å². The molecule has 2 aromatic carbocycles. The summed E-state index contributed by atoms with van der Waals surface area (Å²) in [5, 5.41) is 0. The Morgan fingerprint density at radius 3 is 2.11 bits per heavy atom. The molecule has 1 atom stereocenters. The Labute approximate surface area is 276 Å². The number of aryl methyl sites for hydroxylation is 1. The summed E-state index contributed by atoms with van der Waals surface area (Å²) in [6.45, 7) is 15.1. The lowest BCUT2D eigenvalue weighted by Gasteiger charge is -2.21. The van der Waals surface area contributed by atoms with E-state index in [9.17, 15) is 19.2 Å². The zero-order valence-corrected chi connectivity index (χ0v) is 27.5. The molecule has 248 valence electrons. The Kier molecular flexibility index (Phi) is 14.0. The van der Waals surface area contributed by atoms with Gasteiger partial charge in [0.2, 0.25) is 0 Å². The van der Waals surface area contributed by atoms with Crippen LogP contribution in [-0.2, 0) is 23.9 Å². The number of esters is 4. The number of rotatable bonds is 16. The molecule has 2 aromatic rings. The maximum atomic E-state index is 12.6. The zero-order valence-electron chi connectivity index (χ0n) is 27.5. The van der Waals surface area contributed by atoms with Crippen molar-refractivity contribution in [2.45, 2.75) is 59.8 Å². The van der Waals surface area contributed by atoms with Gasteiger partial charge in [-0.15, -0.1) is 0 Å². The number of benzene rings is 2. The van der Waals surface area contributed by atoms with Crippen molar-refractivity contribution >= 4 is 23.9 Å². The molecule has 0 radical (unpaired) electrons. The maximum Gasteiger partial charge on any atom is 0.343 e. The van der Waals surface area contributed by atoms with Crippen LogP contribution in [0.4, 0.5) is 0 Å². The summed E-state index contributed by atoms with van der Waals surface area (Å²) in [4.78, 5) is 48.1. The number of unbranched alkanes of at least 4 members (excludes halogenated alkanes) is 3. The second-order valence-corrected chi connectivity index (χ2v) is 11.4. The van der Waals surface area contributed by atoms with Crippen LogP contribution in [0.2, 0.25) is 0 Å². The van der Waals surface area contributed by atoms with E-state index < -0.39 is 17.9 Å². The Balaban J connectivity index is 1.42. The highest BCUT2D eigenvalue weighted by Crippen LogP contribution is 2.28. The Morgan fingerprint density at radius 1 is 0.809 bits per heavy atom. The summed E-state index contributed by atoms with van der Waals surface area (Å²) >= 11 is 0. The standard InChI is InChI=1S/C38H42O9/c1-25(2)36(40)44-22-10-8-7-9-21-43-33-18-11-29(23-27(33)5)12-20-35(39)47-34-19-17-32(24-28(34)6)46-38(42)30-13-15-31(16-14-30)45-37(41)26(3)4/h11-20,24,27H,1,3,7-10,21-23H2,2,4-6H3/b20-12+. The van der Waals surface area contributed by atoms with Crippen molar-refractivity contribution in [1.82, 2.24) is 0 Å². The van der Waals surface area contributed by atoms with Gasteiger partial charge in [-0.3, -0.25) is 0 Å². The Bertz CT molecular complexity index is 1570. The Morgan fingerprint density at radius 2 is 1.47 bits per heavy atom. The first-order valence-electron chi connectivity index (χ1n) is 15.5. The van der Waals surface area contributed by atoms with E-state index in [4.69, 9.17) is 23.7 Å². The highest BCUT2D eigenvalue weighted by molar-refractivity contribution is 5.92. The van der Waals surface area contributed by atoms with Crippen LogP contribution in [0.15, 0.2) is 102 Å². The number of hydrogen-bond acceptors (Lipinski definition) is 9. The minimum absolute atomic E-state index is 0.173. The van der Waals surface area contributed by atoms with Crippen molar-refractivity contribution in [2.75, 3.05) is 13.2 Å². The molecule has 0 saturated carbocycles. The van der Waals surface area contributed by atoms with Crippen LogP contribution < -0.4 is 14.2 Å². The molecule has 0 saturated heterocycles. The average Bonchev–Trinajstić information content (AvgIpc) is 3.03. The van der Waals surface area contributed by atoms with Crippen molar-refractivity contribution in [1.29, 1.82) is 0 Å². The third-order valence-electron chi connectivity index (χ3n) is 7.03. The van der Waals surface area contributed by atoms with Crippen LogP contribution in [-0.4, -0.2) is 37.1 Å². The molecule has 1 unspecified atom stereocenters. The molecule has 47 heavy (non-hydrogen) atoms. The summed E-state index contributed by atoms with van der Waals surface area (Å²) < 4.78 is 27.2. The van der Waals surface area contributed by atoms with Crippen molar-refractivity contribution in [3.8, 4) is 17.2 Å². The minimum atomic E-state index is -0.594. The van der Waals surface area contributed by atoms with Gasteiger partial charge >= 0.3 is 23.9 Å². The van der Waals surface area contributed by atoms with Gasteiger partial charge in [-0.25, -0.2) is 19.2 Å². The van der Waals surface area contributed by atoms with Gasteiger partial charge in [0.25, 0.3) is 0 Å². The van der Waals surface area contributed by atoms with Crippen LogP contribution in [0, 0.1) is 12.8 Å². The van der Waals surface area contributed by atoms with Crippen molar-refractivity contribution in [3.63, 3.8) is 0 Å². The van der Waals surface area contributed by atoms with E-state index in [1.165, 1.54) is 30.3 Å². The van der Waals surface area contributed by atoms with Crippen molar-refractivity contribution in [3.05, 3.63) is 114 Å². The molecule has 9 nitrogen and oxygen atoms in total.